The predicted molar refractivity (Wildman–Crippen MR) is 114 cm³/mol. The van der Waals surface area contributed by atoms with E-state index in [1.54, 1.807) is 24.3 Å². The van der Waals surface area contributed by atoms with Crippen molar-refractivity contribution in [3.05, 3.63) is 53.2 Å². The maximum absolute atomic E-state index is 12.6. The van der Waals surface area contributed by atoms with Gasteiger partial charge in [0.15, 0.2) is 0 Å². The Kier molecular flexibility index (Phi) is 6.11. The third-order valence-corrected chi connectivity index (χ3v) is 8.08. The van der Waals surface area contributed by atoms with Gasteiger partial charge in [-0.15, -0.1) is 0 Å². The fourth-order valence-electron chi connectivity index (χ4n) is 4.17. The van der Waals surface area contributed by atoms with Crippen LogP contribution in [0.15, 0.2) is 47.5 Å². The Balaban J connectivity index is 1.38. The van der Waals surface area contributed by atoms with Crippen LogP contribution in [-0.4, -0.2) is 49.0 Å². The van der Waals surface area contributed by atoms with Crippen LogP contribution in [-0.2, 0) is 10.0 Å². The number of hydrogen-bond donors (Lipinski definition) is 1. The molecule has 4 rings (SSSR count). The Morgan fingerprint density at radius 1 is 1.00 bits per heavy atom. The first-order valence-corrected chi connectivity index (χ1v) is 11.9. The second kappa shape index (κ2) is 8.60. The van der Waals surface area contributed by atoms with Gasteiger partial charge in [-0.1, -0.05) is 23.7 Å². The number of anilines is 1. The smallest absolute Gasteiger partial charge is 0.244 e. The molecule has 6 nitrogen and oxygen atoms in total. The largest absolute Gasteiger partial charge is 0.388 e. The van der Waals surface area contributed by atoms with E-state index >= 15 is 0 Å². The summed E-state index contributed by atoms with van der Waals surface area (Å²) in [5, 5.41) is 11.3. The summed E-state index contributed by atoms with van der Waals surface area (Å²) < 4.78 is 26.8. The number of hydrogen-bond acceptors (Lipinski definition) is 5. The van der Waals surface area contributed by atoms with Crippen molar-refractivity contribution in [1.29, 1.82) is 0 Å². The predicted octanol–water partition coefficient (Wildman–Crippen LogP) is 3.47. The number of sulfonamides is 1. The zero-order valence-corrected chi connectivity index (χ0v) is 17.8. The van der Waals surface area contributed by atoms with Crippen LogP contribution in [0.25, 0.3) is 0 Å². The summed E-state index contributed by atoms with van der Waals surface area (Å²) in [5.74, 6) is 0.965. The van der Waals surface area contributed by atoms with E-state index in [1.165, 1.54) is 10.5 Å². The molecule has 1 aromatic carbocycles. The van der Waals surface area contributed by atoms with E-state index in [1.807, 2.05) is 12.1 Å². The fourth-order valence-corrected chi connectivity index (χ4v) is 5.76. The summed E-state index contributed by atoms with van der Waals surface area (Å²) in [4.78, 5) is 6.83. The first kappa shape index (κ1) is 20.6. The molecular weight excluding hydrogens is 410 g/mol. The number of aliphatic hydroxyl groups is 1. The van der Waals surface area contributed by atoms with Crippen molar-refractivity contribution in [2.75, 3.05) is 31.1 Å². The topological polar surface area (TPSA) is 73.7 Å². The van der Waals surface area contributed by atoms with Crippen LogP contribution < -0.4 is 4.90 Å². The molecule has 2 aliphatic heterocycles. The highest BCUT2D eigenvalue weighted by atomic mass is 35.5. The van der Waals surface area contributed by atoms with Crippen molar-refractivity contribution < 1.29 is 13.5 Å². The summed E-state index contributed by atoms with van der Waals surface area (Å²) in [6, 6.07) is 10.8. The summed E-state index contributed by atoms with van der Waals surface area (Å²) in [6.07, 6.45) is 4.50. The molecule has 0 bridgehead atoms. The highest BCUT2D eigenvalue weighted by Crippen LogP contribution is 2.32. The van der Waals surface area contributed by atoms with Crippen LogP contribution in [0.4, 0.5) is 5.82 Å². The van der Waals surface area contributed by atoms with Gasteiger partial charge in [-0.3, -0.25) is 0 Å². The van der Waals surface area contributed by atoms with Gasteiger partial charge in [0, 0.05) is 37.4 Å². The maximum Gasteiger partial charge on any atom is 0.244 e. The number of benzene rings is 1. The van der Waals surface area contributed by atoms with Crippen LogP contribution in [0.5, 0.6) is 0 Å². The molecule has 2 saturated heterocycles. The maximum atomic E-state index is 12.6. The molecule has 2 aliphatic rings. The Morgan fingerprint density at radius 3 is 2.24 bits per heavy atom. The van der Waals surface area contributed by atoms with Crippen molar-refractivity contribution in [2.24, 2.45) is 5.92 Å². The van der Waals surface area contributed by atoms with Crippen LogP contribution >= 0.6 is 11.6 Å². The normalized spacial score (nSPS) is 20.1. The molecule has 0 spiro atoms. The van der Waals surface area contributed by atoms with Gasteiger partial charge in [0.2, 0.25) is 10.0 Å². The standard InChI is InChI=1S/C21H26ClN3O3S/c22-18-5-3-16(4-6-18)21(26)17-9-13-24(14-10-17)20-8-7-19(15-23-20)29(27,28)25-11-1-2-12-25/h3-8,15,17,21,26H,1-2,9-14H2/t21-/m1/s1. The van der Waals surface area contributed by atoms with E-state index in [9.17, 15) is 13.5 Å². The molecule has 2 fully saturated rings. The van der Waals surface area contributed by atoms with Crippen LogP contribution in [0.2, 0.25) is 5.02 Å². The number of rotatable bonds is 5. The van der Waals surface area contributed by atoms with Crippen LogP contribution in [0.3, 0.4) is 0 Å². The van der Waals surface area contributed by atoms with Gasteiger partial charge in [0.1, 0.15) is 10.7 Å². The molecule has 2 aromatic rings. The molecule has 0 aliphatic carbocycles. The van der Waals surface area contributed by atoms with E-state index in [0.29, 0.717) is 18.1 Å². The second-order valence-electron chi connectivity index (χ2n) is 7.78. The van der Waals surface area contributed by atoms with Gasteiger partial charge in [-0.05, 0) is 61.4 Å². The average molecular weight is 436 g/mol. The second-order valence-corrected chi connectivity index (χ2v) is 10.2. The molecule has 1 atom stereocenters. The van der Waals surface area contributed by atoms with Crippen LogP contribution in [0, 0.1) is 5.92 Å². The highest BCUT2D eigenvalue weighted by molar-refractivity contribution is 7.89. The van der Waals surface area contributed by atoms with Crippen molar-refractivity contribution in [3.8, 4) is 0 Å². The fraction of sp³-hybridized carbons (Fsp3) is 0.476. The lowest BCUT2D eigenvalue weighted by Crippen LogP contribution is -2.36. The Bertz CT molecular complexity index is 921. The molecule has 29 heavy (non-hydrogen) atoms. The van der Waals surface area contributed by atoms with E-state index in [-0.39, 0.29) is 10.8 Å². The van der Waals surface area contributed by atoms with Crippen molar-refractivity contribution in [1.82, 2.24) is 9.29 Å². The monoisotopic (exact) mass is 435 g/mol. The number of aliphatic hydroxyl groups excluding tert-OH is 1. The van der Waals surface area contributed by atoms with Gasteiger partial charge >= 0.3 is 0 Å². The number of halogens is 1. The lowest BCUT2D eigenvalue weighted by molar-refractivity contribution is 0.0929. The van der Waals surface area contributed by atoms with Gasteiger partial charge in [-0.25, -0.2) is 13.4 Å². The van der Waals surface area contributed by atoms with Crippen molar-refractivity contribution in [2.45, 2.75) is 36.7 Å². The highest BCUT2D eigenvalue weighted by Gasteiger charge is 2.29. The van der Waals surface area contributed by atoms with Crippen molar-refractivity contribution >= 4 is 27.4 Å². The zero-order chi connectivity index (χ0) is 20.4. The van der Waals surface area contributed by atoms with Gasteiger partial charge in [-0.2, -0.15) is 4.31 Å². The Labute approximate surface area is 177 Å². The molecule has 8 heteroatoms. The van der Waals surface area contributed by atoms with Gasteiger partial charge in [0.25, 0.3) is 0 Å². The number of nitrogens with zero attached hydrogens (tertiary/aromatic N) is 3. The van der Waals surface area contributed by atoms with E-state index in [2.05, 4.69) is 9.88 Å². The minimum Gasteiger partial charge on any atom is -0.388 e. The number of aromatic nitrogens is 1. The molecule has 3 heterocycles. The Morgan fingerprint density at radius 2 is 1.66 bits per heavy atom. The zero-order valence-electron chi connectivity index (χ0n) is 16.2. The van der Waals surface area contributed by atoms with E-state index in [0.717, 1.165) is 50.2 Å². The third-order valence-electron chi connectivity index (χ3n) is 5.95. The molecule has 156 valence electrons. The molecule has 0 unspecified atom stereocenters. The summed E-state index contributed by atoms with van der Waals surface area (Å²) in [5.41, 5.74) is 0.891. The summed E-state index contributed by atoms with van der Waals surface area (Å²) in [7, 11) is -3.43. The first-order valence-electron chi connectivity index (χ1n) is 10.1. The molecule has 0 amide bonds. The SMILES string of the molecule is O=S(=O)(c1ccc(N2CCC([C@H](O)c3ccc(Cl)cc3)CC2)nc1)N1CCCC1. The minimum absolute atomic E-state index is 0.183. The average Bonchev–Trinajstić information content (AvgIpc) is 3.30. The Hall–Kier alpha value is -1.67. The molecule has 1 N–H and O–H groups in total. The van der Waals surface area contributed by atoms with E-state index in [4.69, 9.17) is 11.6 Å². The van der Waals surface area contributed by atoms with E-state index < -0.39 is 16.1 Å². The molecule has 0 radical (unpaired) electrons. The lowest BCUT2D eigenvalue weighted by atomic mass is 9.87. The summed E-state index contributed by atoms with van der Waals surface area (Å²) >= 11 is 5.93. The quantitative estimate of drug-likeness (QED) is 0.778. The number of piperidine rings is 1. The minimum atomic E-state index is -3.43. The molecule has 0 saturated carbocycles. The van der Waals surface area contributed by atoms with Crippen molar-refractivity contribution in [3.63, 3.8) is 0 Å². The molecule has 1 aromatic heterocycles. The third kappa shape index (κ3) is 4.43. The van der Waals surface area contributed by atoms with Crippen LogP contribution in [0.1, 0.15) is 37.4 Å². The molecular formula is C21H26ClN3O3S. The first-order chi connectivity index (χ1) is 13.9. The lowest BCUT2D eigenvalue weighted by Gasteiger charge is -2.35. The van der Waals surface area contributed by atoms with Gasteiger partial charge in [0.05, 0.1) is 6.10 Å². The van der Waals surface area contributed by atoms with Gasteiger partial charge < -0.3 is 10.0 Å². The summed E-state index contributed by atoms with van der Waals surface area (Å²) in [6.45, 7) is 2.74. The number of pyridine rings is 1.